The van der Waals surface area contributed by atoms with E-state index >= 15 is 0 Å². The molecular weight excluding hydrogens is 284 g/mol. The number of carboxylic acid groups (broad SMARTS) is 1. The third-order valence-electron chi connectivity index (χ3n) is 2.48. The Kier molecular flexibility index (Phi) is 3.95. The third-order valence-corrected chi connectivity index (χ3v) is 2.70. The molecule has 0 saturated heterocycles. The van der Waals surface area contributed by atoms with Gasteiger partial charge in [0.05, 0.1) is 6.54 Å². The van der Waals surface area contributed by atoms with Crippen LogP contribution in [0.25, 0.3) is 0 Å². The van der Waals surface area contributed by atoms with Crippen LogP contribution in [-0.2, 0) is 6.54 Å². The summed E-state index contributed by atoms with van der Waals surface area (Å²) in [5.41, 5.74) is 6.30. The molecule has 0 aliphatic heterocycles. The van der Waals surface area contributed by atoms with Gasteiger partial charge in [0.15, 0.2) is 0 Å². The van der Waals surface area contributed by atoms with Gasteiger partial charge in [-0.25, -0.2) is 4.79 Å². The van der Waals surface area contributed by atoms with Crippen LogP contribution in [0.3, 0.4) is 0 Å². The number of carbonyl (C=O) groups excluding carboxylic acids is 1. The molecule has 0 radical (unpaired) electrons. The second-order valence-electron chi connectivity index (χ2n) is 4.03. The van der Waals surface area contributed by atoms with Crippen molar-refractivity contribution in [1.82, 2.24) is 5.32 Å². The van der Waals surface area contributed by atoms with Gasteiger partial charge in [-0.3, -0.25) is 4.79 Å². The molecule has 1 amide bonds. The quantitative estimate of drug-likeness (QED) is 0.749. The fraction of sp³-hybridized carbons (Fsp3) is 0.0769. The van der Waals surface area contributed by atoms with E-state index in [1.54, 1.807) is 0 Å². The Balaban J connectivity index is 2.02. The van der Waals surface area contributed by atoms with Crippen molar-refractivity contribution in [3.05, 3.63) is 52.4 Å². The van der Waals surface area contributed by atoms with Crippen molar-refractivity contribution in [3.63, 3.8) is 0 Å². The summed E-state index contributed by atoms with van der Waals surface area (Å²) in [6.45, 7) is 0.0680. The molecule has 104 valence electrons. The number of rotatable bonds is 4. The van der Waals surface area contributed by atoms with Gasteiger partial charge in [0.2, 0.25) is 5.76 Å². The van der Waals surface area contributed by atoms with Crippen molar-refractivity contribution in [3.8, 4) is 0 Å². The number of nitrogen functional groups attached to an aromatic ring is 1. The summed E-state index contributed by atoms with van der Waals surface area (Å²) < 4.78 is 5.01. The molecule has 1 aromatic heterocycles. The largest absolute Gasteiger partial charge is 0.475 e. The molecule has 1 heterocycles. The molecular formula is C13H11ClN2O4. The molecule has 6 nitrogen and oxygen atoms in total. The Labute approximate surface area is 119 Å². The summed E-state index contributed by atoms with van der Waals surface area (Å²) in [4.78, 5) is 22.5. The van der Waals surface area contributed by atoms with E-state index in [1.807, 2.05) is 0 Å². The van der Waals surface area contributed by atoms with Gasteiger partial charge in [0.1, 0.15) is 5.76 Å². The normalized spacial score (nSPS) is 10.2. The molecule has 0 aliphatic rings. The fourth-order valence-electron chi connectivity index (χ4n) is 1.60. The smallest absolute Gasteiger partial charge is 0.371 e. The van der Waals surface area contributed by atoms with Crippen molar-refractivity contribution in [2.24, 2.45) is 0 Å². The average molecular weight is 295 g/mol. The lowest BCUT2D eigenvalue weighted by Gasteiger charge is -2.05. The van der Waals surface area contributed by atoms with Crippen LogP contribution >= 0.6 is 11.6 Å². The minimum absolute atomic E-state index is 0.0680. The highest BCUT2D eigenvalue weighted by atomic mass is 35.5. The number of carbonyl (C=O) groups is 2. The van der Waals surface area contributed by atoms with Crippen molar-refractivity contribution in [2.45, 2.75) is 6.54 Å². The number of anilines is 1. The molecule has 2 aromatic rings. The van der Waals surface area contributed by atoms with Crippen LogP contribution in [0, 0.1) is 0 Å². The number of benzene rings is 1. The van der Waals surface area contributed by atoms with Crippen molar-refractivity contribution in [1.29, 1.82) is 0 Å². The van der Waals surface area contributed by atoms with Crippen LogP contribution in [0.2, 0.25) is 5.02 Å². The number of nitrogens with one attached hydrogen (secondary N) is 1. The Bertz CT molecular complexity index is 646. The Hall–Kier alpha value is -2.47. The highest BCUT2D eigenvalue weighted by Gasteiger charge is 2.11. The fourth-order valence-corrected chi connectivity index (χ4v) is 1.84. The van der Waals surface area contributed by atoms with Gasteiger partial charge in [-0.05, 0) is 30.3 Å². The summed E-state index contributed by atoms with van der Waals surface area (Å²) in [7, 11) is 0. The van der Waals surface area contributed by atoms with E-state index in [2.05, 4.69) is 5.32 Å². The van der Waals surface area contributed by atoms with E-state index in [1.165, 1.54) is 30.3 Å². The second kappa shape index (κ2) is 5.66. The van der Waals surface area contributed by atoms with Crippen LogP contribution < -0.4 is 11.1 Å². The first-order valence-corrected chi connectivity index (χ1v) is 6.00. The standard InChI is InChI=1S/C13H11ClN2O4/c14-8-3-7(4-9(15)5-8)12(17)16-6-10-1-2-11(20-10)13(18)19/h1-5H,6,15H2,(H,16,17)(H,18,19). The average Bonchev–Trinajstić information content (AvgIpc) is 2.83. The lowest BCUT2D eigenvalue weighted by molar-refractivity contribution is 0.0660. The molecule has 0 atom stereocenters. The number of amides is 1. The molecule has 0 fully saturated rings. The number of hydrogen-bond donors (Lipinski definition) is 3. The second-order valence-corrected chi connectivity index (χ2v) is 4.46. The molecule has 7 heteroatoms. The Morgan fingerprint density at radius 2 is 2.05 bits per heavy atom. The number of halogens is 1. The van der Waals surface area contributed by atoms with Gasteiger partial charge in [-0.15, -0.1) is 0 Å². The molecule has 2 rings (SSSR count). The summed E-state index contributed by atoms with van der Waals surface area (Å²) in [5, 5.41) is 11.6. The topological polar surface area (TPSA) is 106 Å². The number of furan rings is 1. The zero-order chi connectivity index (χ0) is 14.7. The van der Waals surface area contributed by atoms with Gasteiger partial charge in [0, 0.05) is 16.3 Å². The molecule has 1 aromatic carbocycles. The van der Waals surface area contributed by atoms with Gasteiger partial charge >= 0.3 is 5.97 Å². The molecule has 4 N–H and O–H groups in total. The minimum atomic E-state index is -1.16. The minimum Gasteiger partial charge on any atom is -0.475 e. The number of aromatic carboxylic acids is 1. The van der Waals surface area contributed by atoms with Gasteiger partial charge in [0.25, 0.3) is 5.91 Å². The number of nitrogens with two attached hydrogens (primary N) is 1. The molecule has 20 heavy (non-hydrogen) atoms. The van der Waals surface area contributed by atoms with Crippen molar-refractivity contribution in [2.75, 3.05) is 5.73 Å². The van der Waals surface area contributed by atoms with Gasteiger partial charge < -0.3 is 20.6 Å². The zero-order valence-corrected chi connectivity index (χ0v) is 11.0. The number of carboxylic acids is 1. The van der Waals surface area contributed by atoms with Crippen LogP contribution in [-0.4, -0.2) is 17.0 Å². The highest BCUT2D eigenvalue weighted by molar-refractivity contribution is 6.31. The van der Waals surface area contributed by atoms with E-state index in [9.17, 15) is 9.59 Å². The lowest BCUT2D eigenvalue weighted by Crippen LogP contribution is -2.22. The first kappa shape index (κ1) is 14.0. The molecule has 0 bridgehead atoms. The van der Waals surface area contributed by atoms with E-state index in [0.717, 1.165) is 0 Å². The zero-order valence-electron chi connectivity index (χ0n) is 10.2. The van der Waals surface area contributed by atoms with Crippen molar-refractivity contribution >= 4 is 29.2 Å². The first-order chi connectivity index (χ1) is 9.45. The predicted octanol–water partition coefficient (Wildman–Crippen LogP) is 2.14. The highest BCUT2D eigenvalue weighted by Crippen LogP contribution is 2.16. The molecule has 0 unspecified atom stereocenters. The summed E-state index contributed by atoms with van der Waals surface area (Å²) >= 11 is 5.81. The van der Waals surface area contributed by atoms with Crippen LogP contribution in [0.5, 0.6) is 0 Å². The first-order valence-electron chi connectivity index (χ1n) is 5.62. The van der Waals surface area contributed by atoms with E-state index in [4.69, 9.17) is 26.9 Å². The number of hydrogen-bond acceptors (Lipinski definition) is 4. The maximum Gasteiger partial charge on any atom is 0.371 e. The third kappa shape index (κ3) is 3.30. The van der Waals surface area contributed by atoms with Gasteiger partial charge in [-0.2, -0.15) is 0 Å². The van der Waals surface area contributed by atoms with Crippen LogP contribution in [0.4, 0.5) is 5.69 Å². The van der Waals surface area contributed by atoms with E-state index in [-0.39, 0.29) is 18.2 Å². The van der Waals surface area contributed by atoms with Crippen molar-refractivity contribution < 1.29 is 19.1 Å². The maximum atomic E-state index is 11.9. The summed E-state index contributed by atoms with van der Waals surface area (Å²) in [6.07, 6.45) is 0. The van der Waals surface area contributed by atoms with Crippen LogP contribution in [0.1, 0.15) is 26.7 Å². The predicted molar refractivity (Wildman–Crippen MR) is 72.7 cm³/mol. The van der Waals surface area contributed by atoms with Gasteiger partial charge in [-0.1, -0.05) is 11.6 Å². The Morgan fingerprint density at radius 1 is 1.30 bits per heavy atom. The van der Waals surface area contributed by atoms with E-state index in [0.29, 0.717) is 22.0 Å². The summed E-state index contributed by atoms with van der Waals surface area (Å²) in [5.74, 6) is -1.38. The molecule has 0 saturated carbocycles. The summed E-state index contributed by atoms with van der Waals surface area (Å²) in [6, 6.07) is 7.31. The van der Waals surface area contributed by atoms with E-state index < -0.39 is 5.97 Å². The monoisotopic (exact) mass is 294 g/mol. The SMILES string of the molecule is Nc1cc(Cl)cc(C(=O)NCc2ccc(C(=O)O)o2)c1. The van der Waals surface area contributed by atoms with Crippen LogP contribution in [0.15, 0.2) is 34.7 Å². The Morgan fingerprint density at radius 3 is 2.65 bits per heavy atom. The maximum absolute atomic E-state index is 11.9. The molecule has 0 spiro atoms. The lowest BCUT2D eigenvalue weighted by atomic mass is 10.2. The molecule has 0 aliphatic carbocycles.